The highest BCUT2D eigenvalue weighted by atomic mass is 127. The number of rotatable bonds is 4. The summed E-state index contributed by atoms with van der Waals surface area (Å²) in [6.45, 7) is 4.36. The van der Waals surface area contributed by atoms with Crippen molar-refractivity contribution in [1.29, 1.82) is 0 Å². The maximum absolute atomic E-state index is 3.54. The fourth-order valence-corrected chi connectivity index (χ4v) is 3.28. The Morgan fingerprint density at radius 3 is 2.52 bits per heavy atom. The minimum absolute atomic E-state index is 0.584. The minimum atomic E-state index is 0.584. The highest BCUT2D eigenvalue weighted by Crippen LogP contribution is 2.15. The van der Waals surface area contributed by atoms with Gasteiger partial charge >= 0.3 is 0 Å². The average Bonchev–Trinajstić information content (AvgIpc) is 2.52. The standard InChI is InChI=1S/C18H21IN2/c19-17-8-6-16(7-9-17)14-21-11-10-20-13-18(21)12-15-4-2-1-3-5-15/h1-9,18,20H,10-14H2. The monoisotopic (exact) mass is 392 g/mol. The second-order valence-electron chi connectivity index (χ2n) is 5.64. The first-order valence-electron chi connectivity index (χ1n) is 7.54. The maximum atomic E-state index is 3.54. The Kier molecular flexibility index (Phi) is 5.27. The molecule has 2 nitrogen and oxygen atoms in total. The summed E-state index contributed by atoms with van der Waals surface area (Å²) >= 11 is 2.36. The van der Waals surface area contributed by atoms with E-state index >= 15 is 0 Å². The molecule has 1 fully saturated rings. The number of halogens is 1. The van der Waals surface area contributed by atoms with E-state index in [9.17, 15) is 0 Å². The fraction of sp³-hybridized carbons (Fsp3) is 0.333. The molecule has 0 saturated carbocycles. The van der Waals surface area contributed by atoms with Crippen LogP contribution in [0, 0.1) is 3.57 Å². The number of nitrogens with zero attached hydrogens (tertiary/aromatic N) is 1. The molecule has 1 saturated heterocycles. The van der Waals surface area contributed by atoms with Gasteiger partial charge in [-0.2, -0.15) is 0 Å². The van der Waals surface area contributed by atoms with E-state index in [4.69, 9.17) is 0 Å². The molecule has 3 heteroatoms. The molecule has 1 aliphatic rings. The molecular weight excluding hydrogens is 371 g/mol. The van der Waals surface area contributed by atoms with Gasteiger partial charge in [0.1, 0.15) is 0 Å². The maximum Gasteiger partial charge on any atom is 0.0265 e. The Balaban J connectivity index is 1.68. The smallest absolute Gasteiger partial charge is 0.0265 e. The molecule has 0 spiro atoms. The molecule has 0 aromatic heterocycles. The number of hydrogen-bond donors (Lipinski definition) is 1. The van der Waals surface area contributed by atoms with Crippen LogP contribution in [-0.4, -0.2) is 30.6 Å². The highest BCUT2D eigenvalue weighted by molar-refractivity contribution is 14.1. The zero-order chi connectivity index (χ0) is 14.5. The number of benzene rings is 2. The first kappa shape index (κ1) is 15.0. The summed E-state index contributed by atoms with van der Waals surface area (Å²) in [7, 11) is 0. The van der Waals surface area contributed by atoms with Gasteiger partial charge in [-0.1, -0.05) is 42.5 Å². The van der Waals surface area contributed by atoms with Gasteiger partial charge in [0, 0.05) is 35.8 Å². The zero-order valence-electron chi connectivity index (χ0n) is 12.1. The lowest BCUT2D eigenvalue weighted by Gasteiger charge is -2.36. The summed E-state index contributed by atoms with van der Waals surface area (Å²) in [5.74, 6) is 0. The molecule has 0 bridgehead atoms. The second kappa shape index (κ2) is 7.38. The van der Waals surface area contributed by atoms with Crippen molar-refractivity contribution in [2.75, 3.05) is 19.6 Å². The largest absolute Gasteiger partial charge is 0.314 e. The third-order valence-corrected chi connectivity index (χ3v) is 4.80. The van der Waals surface area contributed by atoms with E-state index in [2.05, 4.69) is 87.4 Å². The lowest BCUT2D eigenvalue weighted by atomic mass is 10.0. The van der Waals surface area contributed by atoms with Gasteiger partial charge in [-0.15, -0.1) is 0 Å². The predicted molar refractivity (Wildman–Crippen MR) is 96.4 cm³/mol. The summed E-state index contributed by atoms with van der Waals surface area (Å²) in [5, 5.41) is 3.54. The third kappa shape index (κ3) is 4.28. The van der Waals surface area contributed by atoms with Crippen LogP contribution in [0.4, 0.5) is 0 Å². The molecule has 2 aromatic carbocycles. The molecule has 3 rings (SSSR count). The zero-order valence-corrected chi connectivity index (χ0v) is 14.3. The van der Waals surface area contributed by atoms with E-state index in [0.29, 0.717) is 6.04 Å². The van der Waals surface area contributed by atoms with E-state index < -0.39 is 0 Å². The SMILES string of the molecule is Ic1ccc(CN2CCNCC2Cc2ccccc2)cc1. The average molecular weight is 392 g/mol. The Morgan fingerprint density at radius 2 is 1.76 bits per heavy atom. The van der Waals surface area contributed by atoms with Crippen molar-refractivity contribution >= 4 is 22.6 Å². The third-order valence-electron chi connectivity index (χ3n) is 4.09. The molecular formula is C18H21IN2. The van der Waals surface area contributed by atoms with E-state index in [0.717, 1.165) is 32.6 Å². The molecule has 0 amide bonds. The summed E-state index contributed by atoms with van der Waals surface area (Å²) in [6.07, 6.45) is 1.12. The fourth-order valence-electron chi connectivity index (χ4n) is 2.92. The van der Waals surface area contributed by atoms with Crippen LogP contribution in [0.5, 0.6) is 0 Å². The minimum Gasteiger partial charge on any atom is -0.314 e. The predicted octanol–water partition coefficient (Wildman–Crippen LogP) is 3.31. The van der Waals surface area contributed by atoms with Gasteiger partial charge in [-0.3, -0.25) is 4.90 Å². The molecule has 2 aromatic rings. The van der Waals surface area contributed by atoms with Crippen molar-refractivity contribution in [3.05, 3.63) is 69.3 Å². The Morgan fingerprint density at radius 1 is 1.00 bits per heavy atom. The molecule has 1 heterocycles. The van der Waals surface area contributed by atoms with Crippen molar-refractivity contribution in [3.8, 4) is 0 Å². The quantitative estimate of drug-likeness (QED) is 0.804. The molecule has 1 unspecified atom stereocenters. The molecule has 110 valence electrons. The molecule has 0 aliphatic carbocycles. The number of nitrogens with one attached hydrogen (secondary N) is 1. The molecule has 0 radical (unpaired) electrons. The summed E-state index contributed by atoms with van der Waals surface area (Å²) in [4.78, 5) is 2.62. The van der Waals surface area contributed by atoms with Gasteiger partial charge in [0.25, 0.3) is 0 Å². The van der Waals surface area contributed by atoms with Crippen LogP contribution >= 0.6 is 22.6 Å². The van der Waals surface area contributed by atoms with Crippen molar-refractivity contribution in [1.82, 2.24) is 10.2 Å². The van der Waals surface area contributed by atoms with Crippen LogP contribution in [0.25, 0.3) is 0 Å². The van der Waals surface area contributed by atoms with Crippen LogP contribution in [-0.2, 0) is 13.0 Å². The van der Waals surface area contributed by atoms with E-state index in [1.807, 2.05) is 0 Å². The molecule has 21 heavy (non-hydrogen) atoms. The molecule has 1 atom stereocenters. The van der Waals surface area contributed by atoms with Crippen molar-refractivity contribution in [2.24, 2.45) is 0 Å². The van der Waals surface area contributed by atoms with E-state index in [1.165, 1.54) is 14.7 Å². The van der Waals surface area contributed by atoms with E-state index in [1.54, 1.807) is 0 Å². The Bertz CT molecular complexity index is 553. The van der Waals surface area contributed by atoms with Crippen LogP contribution in [0.3, 0.4) is 0 Å². The van der Waals surface area contributed by atoms with Crippen LogP contribution in [0.1, 0.15) is 11.1 Å². The number of piperazine rings is 1. The summed E-state index contributed by atoms with van der Waals surface area (Å²) < 4.78 is 1.30. The highest BCUT2D eigenvalue weighted by Gasteiger charge is 2.22. The van der Waals surface area contributed by atoms with Gasteiger partial charge in [0.2, 0.25) is 0 Å². The second-order valence-corrected chi connectivity index (χ2v) is 6.89. The van der Waals surface area contributed by atoms with Crippen molar-refractivity contribution < 1.29 is 0 Å². The van der Waals surface area contributed by atoms with Crippen LogP contribution < -0.4 is 5.32 Å². The van der Waals surface area contributed by atoms with Gasteiger partial charge < -0.3 is 5.32 Å². The Hall–Kier alpha value is -0.910. The topological polar surface area (TPSA) is 15.3 Å². The van der Waals surface area contributed by atoms with Crippen LogP contribution in [0.2, 0.25) is 0 Å². The lowest BCUT2D eigenvalue weighted by Crippen LogP contribution is -2.51. The molecule has 1 aliphatic heterocycles. The summed E-state index contributed by atoms with van der Waals surface area (Å²) in [6, 6.07) is 20.3. The van der Waals surface area contributed by atoms with Gasteiger partial charge in [0.15, 0.2) is 0 Å². The lowest BCUT2D eigenvalue weighted by molar-refractivity contribution is 0.152. The van der Waals surface area contributed by atoms with E-state index in [-0.39, 0.29) is 0 Å². The Labute approximate surface area is 140 Å². The number of hydrogen-bond acceptors (Lipinski definition) is 2. The summed E-state index contributed by atoms with van der Waals surface area (Å²) in [5.41, 5.74) is 2.84. The van der Waals surface area contributed by atoms with Crippen molar-refractivity contribution in [3.63, 3.8) is 0 Å². The van der Waals surface area contributed by atoms with Gasteiger partial charge in [-0.25, -0.2) is 0 Å². The van der Waals surface area contributed by atoms with Crippen LogP contribution in [0.15, 0.2) is 54.6 Å². The first-order valence-corrected chi connectivity index (χ1v) is 8.62. The van der Waals surface area contributed by atoms with Gasteiger partial charge in [0.05, 0.1) is 0 Å². The first-order chi connectivity index (χ1) is 10.3. The van der Waals surface area contributed by atoms with Gasteiger partial charge in [-0.05, 0) is 52.3 Å². The molecule has 1 N–H and O–H groups in total. The van der Waals surface area contributed by atoms with Crippen molar-refractivity contribution in [2.45, 2.75) is 19.0 Å². The normalized spacial score (nSPS) is 19.6.